The predicted molar refractivity (Wildman–Crippen MR) is 135 cm³/mol. The molecule has 0 bridgehead atoms. The summed E-state index contributed by atoms with van der Waals surface area (Å²) in [5.74, 6) is -1.40. The lowest BCUT2D eigenvalue weighted by Crippen LogP contribution is -2.37. The van der Waals surface area contributed by atoms with Crippen molar-refractivity contribution >= 4 is 40.2 Å². The topological polar surface area (TPSA) is 93.0 Å². The summed E-state index contributed by atoms with van der Waals surface area (Å²) in [7, 11) is 0. The highest BCUT2D eigenvalue weighted by atomic mass is 32.1. The fraction of sp³-hybridized carbons (Fsp3) is 0.111. The summed E-state index contributed by atoms with van der Waals surface area (Å²) in [5, 5.41) is 12.7. The van der Waals surface area contributed by atoms with Gasteiger partial charge in [-0.1, -0.05) is 36.4 Å². The van der Waals surface area contributed by atoms with Crippen molar-refractivity contribution in [1.29, 1.82) is 0 Å². The third-order valence-corrected chi connectivity index (χ3v) is 7.63. The Morgan fingerprint density at radius 1 is 0.778 bits per heavy atom. The van der Waals surface area contributed by atoms with Crippen molar-refractivity contribution in [3.8, 4) is 10.4 Å². The maximum atomic E-state index is 13.7. The minimum atomic E-state index is -0.937. The monoisotopic (exact) mass is 497 g/mol. The van der Waals surface area contributed by atoms with Crippen LogP contribution in [-0.4, -0.2) is 22.8 Å². The van der Waals surface area contributed by atoms with Gasteiger partial charge in [-0.25, -0.2) is 9.96 Å². The molecule has 178 valence electrons. The smallest absolute Gasteiger partial charge is 0.269 e. The van der Waals surface area contributed by atoms with Crippen LogP contribution >= 0.6 is 11.3 Å². The Labute approximate surface area is 210 Å². The van der Waals surface area contributed by atoms with Crippen LogP contribution in [0.1, 0.15) is 10.9 Å². The zero-order valence-electron chi connectivity index (χ0n) is 18.8. The van der Waals surface area contributed by atoms with Crippen LogP contribution in [0.15, 0.2) is 97.1 Å². The van der Waals surface area contributed by atoms with E-state index in [1.54, 1.807) is 41.5 Å². The van der Waals surface area contributed by atoms with Crippen molar-refractivity contribution in [2.75, 3.05) is 9.96 Å². The van der Waals surface area contributed by atoms with E-state index in [9.17, 15) is 19.7 Å². The highest BCUT2D eigenvalue weighted by Gasteiger charge is 2.60. The molecule has 2 fully saturated rings. The molecule has 3 aromatic carbocycles. The third-order valence-electron chi connectivity index (χ3n) is 6.42. The van der Waals surface area contributed by atoms with Crippen molar-refractivity contribution in [2.45, 2.75) is 12.1 Å². The average molecular weight is 498 g/mol. The number of carbonyl (C=O) groups is 2. The number of hydrogen-bond donors (Lipinski definition) is 0. The van der Waals surface area contributed by atoms with Gasteiger partial charge in [0.05, 0.1) is 16.3 Å². The molecule has 2 saturated heterocycles. The Morgan fingerprint density at radius 2 is 1.42 bits per heavy atom. The molecular weight excluding hydrogens is 478 g/mol. The van der Waals surface area contributed by atoms with E-state index < -0.39 is 23.0 Å². The first-order valence-electron chi connectivity index (χ1n) is 11.3. The number of rotatable bonds is 5. The third kappa shape index (κ3) is 3.57. The molecule has 3 atom stereocenters. The van der Waals surface area contributed by atoms with Crippen molar-refractivity contribution in [3.63, 3.8) is 0 Å². The highest BCUT2D eigenvalue weighted by Crippen LogP contribution is 2.49. The number of hydroxylamine groups is 1. The SMILES string of the molecule is O=C1[C@H]2[C@H](ON(c3ccccc3)[C@@H]2c2ccc(-c3ccc([N+](=O)[O-])cc3)s2)C(=O)N1c1ccccc1. The number of para-hydroxylation sites is 2. The van der Waals surface area contributed by atoms with E-state index in [2.05, 4.69) is 0 Å². The zero-order chi connectivity index (χ0) is 24.8. The van der Waals surface area contributed by atoms with Crippen LogP contribution in [0.3, 0.4) is 0 Å². The Hall–Kier alpha value is -4.34. The number of imide groups is 1. The molecule has 4 aromatic rings. The number of nitro groups is 1. The Balaban J connectivity index is 1.40. The number of thiophene rings is 1. The summed E-state index contributed by atoms with van der Waals surface area (Å²) < 4.78 is 0. The van der Waals surface area contributed by atoms with E-state index in [0.29, 0.717) is 5.69 Å². The molecule has 1 aromatic heterocycles. The summed E-state index contributed by atoms with van der Waals surface area (Å²) in [5.41, 5.74) is 2.12. The molecule has 8 nitrogen and oxygen atoms in total. The van der Waals surface area contributed by atoms with Crippen molar-refractivity contribution in [1.82, 2.24) is 0 Å². The number of nitro benzene ring substituents is 1. The van der Waals surface area contributed by atoms with Gasteiger partial charge in [-0.2, -0.15) is 0 Å². The van der Waals surface area contributed by atoms with Crippen LogP contribution in [0.5, 0.6) is 0 Å². The number of non-ortho nitro benzene ring substituents is 1. The Bertz CT molecular complexity index is 1460. The fourth-order valence-corrected chi connectivity index (χ4v) is 5.89. The summed E-state index contributed by atoms with van der Waals surface area (Å²) in [6.07, 6.45) is -0.937. The minimum Gasteiger partial charge on any atom is -0.273 e. The minimum absolute atomic E-state index is 0.0221. The van der Waals surface area contributed by atoms with Gasteiger partial charge in [-0.05, 0) is 54.1 Å². The molecule has 3 heterocycles. The maximum absolute atomic E-state index is 13.7. The molecular formula is C27H19N3O5S. The maximum Gasteiger partial charge on any atom is 0.269 e. The summed E-state index contributed by atoms with van der Waals surface area (Å²) in [6, 6.07) is 28.0. The van der Waals surface area contributed by atoms with E-state index in [1.165, 1.54) is 28.4 Å². The largest absolute Gasteiger partial charge is 0.273 e. The molecule has 0 radical (unpaired) electrons. The lowest BCUT2D eigenvalue weighted by molar-refractivity contribution is -0.384. The Morgan fingerprint density at radius 3 is 2.06 bits per heavy atom. The average Bonchev–Trinajstić information content (AvgIpc) is 3.60. The van der Waals surface area contributed by atoms with E-state index >= 15 is 0 Å². The van der Waals surface area contributed by atoms with Gasteiger partial charge < -0.3 is 0 Å². The van der Waals surface area contributed by atoms with Crippen LogP contribution < -0.4 is 9.96 Å². The van der Waals surface area contributed by atoms with E-state index in [1.807, 2.05) is 48.5 Å². The van der Waals surface area contributed by atoms with Gasteiger partial charge in [0.2, 0.25) is 5.91 Å². The highest BCUT2D eigenvalue weighted by molar-refractivity contribution is 7.15. The first-order chi connectivity index (χ1) is 17.5. The molecule has 0 N–H and O–H groups in total. The van der Waals surface area contributed by atoms with E-state index in [4.69, 9.17) is 4.84 Å². The number of carbonyl (C=O) groups excluding carboxylic acids is 2. The van der Waals surface area contributed by atoms with Gasteiger partial charge in [0.1, 0.15) is 12.0 Å². The molecule has 0 spiro atoms. The van der Waals surface area contributed by atoms with Gasteiger partial charge >= 0.3 is 0 Å². The number of amides is 2. The number of fused-ring (bicyclic) bond motifs is 1. The van der Waals surface area contributed by atoms with Gasteiger partial charge in [0, 0.05) is 21.9 Å². The normalized spacial score (nSPS) is 21.2. The number of benzene rings is 3. The molecule has 2 aliphatic rings. The molecule has 0 unspecified atom stereocenters. The molecule has 36 heavy (non-hydrogen) atoms. The summed E-state index contributed by atoms with van der Waals surface area (Å²) >= 11 is 1.47. The molecule has 6 rings (SSSR count). The molecule has 9 heteroatoms. The number of hydrogen-bond acceptors (Lipinski definition) is 7. The quantitative estimate of drug-likeness (QED) is 0.209. The molecule has 0 aliphatic carbocycles. The first kappa shape index (κ1) is 22.1. The number of nitrogens with zero attached hydrogens (tertiary/aromatic N) is 3. The Kier molecular flexibility index (Phi) is 5.36. The van der Waals surface area contributed by atoms with Crippen molar-refractivity contribution < 1.29 is 19.3 Å². The second kappa shape index (κ2) is 8.71. The van der Waals surface area contributed by atoms with E-state index in [-0.39, 0.29) is 17.5 Å². The van der Waals surface area contributed by atoms with Crippen LogP contribution in [0.25, 0.3) is 10.4 Å². The summed E-state index contributed by atoms with van der Waals surface area (Å²) in [6.45, 7) is 0. The van der Waals surface area contributed by atoms with Crippen LogP contribution in [0, 0.1) is 16.0 Å². The molecule has 2 amide bonds. The molecule has 0 saturated carbocycles. The predicted octanol–water partition coefficient (Wildman–Crippen LogP) is 5.37. The van der Waals surface area contributed by atoms with Crippen LogP contribution in [-0.2, 0) is 14.4 Å². The summed E-state index contributed by atoms with van der Waals surface area (Å²) in [4.78, 5) is 46.8. The van der Waals surface area contributed by atoms with Crippen LogP contribution in [0.2, 0.25) is 0 Å². The number of anilines is 2. The van der Waals surface area contributed by atoms with Crippen LogP contribution in [0.4, 0.5) is 17.1 Å². The first-order valence-corrected chi connectivity index (χ1v) is 12.1. The van der Waals surface area contributed by atoms with Crippen molar-refractivity contribution in [2.24, 2.45) is 5.92 Å². The van der Waals surface area contributed by atoms with E-state index in [0.717, 1.165) is 21.0 Å². The zero-order valence-corrected chi connectivity index (χ0v) is 19.6. The lowest BCUT2D eigenvalue weighted by Gasteiger charge is -2.27. The van der Waals surface area contributed by atoms with Gasteiger partial charge in [-0.3, -0.25) is 24.5 Å². The van der Waals surface area contributed by atoms with Gasteiger partial charge in [-0.15, -0.1) is 11.3 Å². The second-order valence-corrected chi connectivity index (χ2v) is 9.63. The van der Waals surface area contributed by atoms with Gasteiger partial charge in [0.15, 0.2) is 6.10 Å². The van der Waals surface area contributed by atoms with Crippen molar-refractivity contribution in [3.05, 3.63) is 112 Å². The molecule has 2 aliphatic heterocycles. The lowest BCUT2D eigenvalue weighted by atomic mass is 9.95. The van der Waals surface area contributed by atoms with Gasteiger partial charge in [0.25, 0.3) is 11.6 Å². The fourth-order valence-electron chi connectivity index (χ4n) is 4.75. The standard InChI is InChI=1S/C27H19N3O5S/c31-26-23-24(22-16-15-21(36-22)17-11-13-20(14-12-17)30(33)34)29(19-9-5-2-6-10-19)35-25(23)27(32)28(26)18-7-3-1-4-8-18/h1-16,23-25H/t23-,24-,25+/m1/s1. The second-order valence-electron chi connectivity index (χ2n) is 8.51.